The van der Waals surface area contributed by atoms with Gasteiger partial charge >= 0.3 is 0 Å². The monoisotopic (exact) mass is 340 g/mol. The number of nitrogens with one attached hydrogen (secondary N) is 1. The van der Waals surface area contributed by atoms with Crippen molar-refractivity contribution in [1.29, 1.82) is 0 Å². The Morgan fingerprint density at radius 1 is 1.22 bits per heavy atom. The summed E-state index contributed by atoms with van der Waals surface area (Å²) < 4.78 is 31.7. The summed E-state index contributed by atoms with van der Waals surface area (Å²) in [6.07, 6.45) is -0.230. The summed E-state index contributed by atoms with van der Waals surface area (Å²) in [6.45, 7) is 6.47. The van der Waals surface area contributed by atoms with Gasteiger partial charge < -0.3 is 10.1 Å². The summed E-state index contributed by atoms with van der Waals surface area (Å²) in [5.74, 6) is -0.367. The number of sulfonamides is 1. The largest absolute Gasteiger partial charge is 0.373 e. The van der Waals surface area contributed by atoms with Crippen molar-refractivity contribution in [1.82, 2.24) is 9.62 Å². The minimum atomic E-state index is -3.40. The molecule has 0 saturated carbocycles. The van der Waals surface area contributed by atoms with Gasteiger partial charge in [0.15, 0.2) is 0 Å². The van der Waals surface area contributed by atoms with Crippen LogP contribution in [0.15, 0.2) is 24.3 Å². The molecule has 1 amide bonds. The van der Waals surface area contributed by atoms with Crippen molar-refractivity contribution in [3.63, 3.8) is 0 Å². The highest BCUT2D eigenvalue weighted by atomic mass is 32.2. The summed E-state index contributed by atoms with van der Waals surface area (Å²) in [5.41, 5.74) is 1.60. The molecule has 1 aliphatic heterocycles. The maximum atomic E-state index is 12.4. The van der Waals surface area contributed by atoms with Gasteiger partial charge in [-0.25, -0.2) is 8.42 Å². The molecule has 0 bridgehead atoms. The quantitative estimate of drug-likeness (QED) is 0.873. The van der Waals surface area contributed by atoms with Gasteiger partial charge in [0.2, 0.25) is 10.0 Å². The van der Waals surface area contributed by atoms with E-state index >= 15 is 0 Å². The predicted molar refractivity (Wildman–Crippen MR) is 88.9 cm³/mol. The predicted octanol–water partition coefficient (Wildman–Crippen LogP) is 1.16. The number of morpholine rings is 1. The molecule has 128 valence electrons. The van der Waals surface area contributed by atoms with Crippen LogP contribution in [0.4, 0.5) is 0 Å². The van der Waals surface area contributed by atoms with E-state index in [0.717, 1.165) is 5.56 Å². The number of aryl methyl sites for hydroxylation is 1. The van der Waals surface area contributed by atoms with Crippen LogP contribution in [0.3, 0.4) is 0 Å². The molecule has 6 nitrogen and oxygen atoms in total. The third-order valence-electron chi connectivity index (χ3n) is 3.74. The standard InChI is InChI=1S/C16H24N2O4S/c1-12-4-6-15(7-5-12)16(19)17-8-9-23(20,21)18-10-13(2)22-14(3)11-18/h4-7,13-14H,8-11H2,1-3H3,(H,17,19). The van der Waals surface area contributed by atoms with Gasteiger partial charge in [0.05, 0.1) is 18.0 Å². The Morgan fingerprint density at radius 3 is 2.35 bits per heavy atom. The minimum Gasteiger partial charge on any atom is -0.373 e. The molecule has 1 N–H and O–H groups in total. The lowest BCUT2D eigenvalue weighted by atomic mass is 10.1. The molecule has 1 fully saturated rings. The lowest BCUT2D eigenvalue weighted by Crippen LogP contribution is -2.49. The number of rotatable bonds is 5. The molecule has 1 saturated heterocycles. The Morgan fingerprint density at radius 2 is 1.78 bits per heavy atom. The molecule has 0 aliphatic carbocycles. The first-order valence-corrected chi connectivity index (χ1v) is 9.37. The summed E-state index contributed by atoms with van der Waals surface area (Å²) >= 11 is 0. The van der Waals surface area contributed by atoms with Gasteiger partial charge in [-0.1, -0.05) is 17.7 Å². The molecule has 1 aromatic rings. The van der Waals surface area contributed by atoms with Gasteiger partial charge in [0.1, 0.15) is 0 Å². The number of amides is 1. The van der Waals surface area contributed by atoms with E-state index in [4.69, 9.17) is 4.74 Å². The van der Waals surface area contributed by atoms with Crippen molar-refractivity contribution >= 4 is 15.9 Å². The topological polar surface area (TPSA) is 75.7 Å². The minimum absolute atomic E-state index is 0.0924. The average molecular weight is 340 g/mol. The van der Waals surface area contributed by atoms with E-state index in [1.54, 1.807) is 12.1 Å². The number of hydrogen-bond donors (Lipinski definition) is 1. The van der Waals surface area contributed by atoms with Crippen molar-refractivity contribution < 1.29 is 17.9 Å². The zero-order chi connectivity index (χ0) is 17.0. The fourth-order valence-electron chi connectivity index (χ4n) is 2.59. The van der Waals surface area contributed by atoms with Crippen LogP contribution in [0.2, 0.25) is 0 Å². The highest BCUT2D eigenvalue weighted by Crippen LogP contribution is 2.14. The van der Waals surface area contributed by atoms with Gasteiger partial charge in [-0.2, -0.15) is 4.31 Å². The summed E-state index contributed by atoms with van der Waals surface area (Å²) in [5, 5.41) is 2.66. The maximum Gasteiger partial charge on any atom is 0.251 e. The molecule has 1 heterocycles. The van der Waals surface area contributed by atoms with Crippen molar-refractivity contribution in [3.05, 3.63) is 35.4 Å². The van der Waals surface area contributed by atoms with Gasteiger partial charge in [-0.3, -0.25) is 4.79 Å². The Bertz CT molecular complexity index is 633. The summed E-state index contributed by atoms with van der Waals surface area (Å²) in [7, 11) is -3.40. The van der Waals surface area contributed by atoms with E-state index in [1.165, 1.54) is 4.31 Å². The lowest BCUT2D eigenvalue weighted by molar-refractivity contribution is -0.0440. The van der Waals surface area contributed by atoms with Crippen LogP contribution in [0.25, 0.3) is 0 Å². The molecular weight excluding hydrogens is 316 g/mol. The molecule has 1 aliphatic rings. The summed E-state index contributed by atoms with van der Waals surface area (Å²) in [4.78, 5) is 12.0. The number of carbonyl (C=O) groups excluding carboxylic acids is 1. The van der Waals surface area contributed by atoms with Crippen LogP contribution >= 0.6 is 0 Å². The van der Waals surface area contributed by atoms with Gasteiger partial charge in [0, 0.05) is 25.2 Å². The Balaban J connectivity index is 1.87. The highest BCUT2D eigenvalue weighted by Gasteiger charge is 2.30. The van der Waals surface area contributed by atoms with E-state index < -0.39 is 10.0 Å². The Labute approximate surface area is 137 Å². The zero-order valence-corrected chi connectivity index (χ0v) is 14.6. The maximum absolute atomic E-state index is 12.4. The lowest BCUT2D eigenvalue weighted by Gasteiger charge is -2.34. The molecular formula is C16H24N2O4S. The van der Waals surface area contributed by atoms with Gasteiger partial charge in [0.25, 0.3) is 5.91 Å². The van der Waals surface area contributed by atoms with Crippen molar-refractivity contribution in [2.24, 2.45) is 0 Å². The van der Waals surface area contributed by atoms with Crippen LogP contribution < -0.4 is 5.32 Å². The molecule has 2 atom stereocenters. The number of hydrogen-bond acceptors (Lipinski definition) is 4. The molecule has 2 unspecified atom stereocenters. The number of ether oxygens (including phenoxy) is 1. The first-order chi connectivity index (χ1) is 10.8. The van der Waals surface area contributed by atoms with E-state index in [2.05, 4.69) is 5.32 Å². The van der Waals surface area contributed by atoms with Gasteiger partial charge in [-0.05, 0) is 32.9 Å². The molecule has 23 heavy (non-hydrogen) atoms. The van der Waals surface area contributed by atoms with Crippen LogP contribution in [0.1, 0.15) is 29.8 Å². The molecule has 1 aromatic carbocycles. The number of nitrogens with zero attached hydrogens (tertiary/aromatic N) is 1. The second kappa shape index (κ2) is 7.42. The molecule has 2 rings (SSSR count). The van der Waals surface area contributed by atoms with E-state index in [9.17, 15) is 13.2 Å². The number of carbonyl (C=O) groups is 1. The molecule has 0 spiro atoms. The molecule has 7 heteroatoms. The Hall–Kier alpha value is -1.44. The van der Waals surface area contributed by atoms with Crippen molar-refractivity contribution in [3.8, 4) is 0 Å². The van der Waals surface area contributed by atoms with Crippen LogP contribution in [0, 0.1) is 6.92 Å². The first-order valence-electron chi connectivity index (χ1n) is 7.76. The SMILES string of the molecule is Cc1ccc(C(=O)NCCS(=O)(=O)N2CC(C)OC(C)C2)cc1. The van der Waals surface area contributed by atoms with Crippen molar-refractivity contribution in [2.45, 2.75) is 33.0 Å². The number of benzene rings is 1. The third kappa shape index (κ3) is 5.02. The molecule has 0 radical (unpaired) electrons. The van der Waals surface area contributed by atoms with Crippen LogP contribution in [0.5, 0.6) is 0 Å². The van der Waals surface area contributed by atoms with E-state index in [-0.39, 0.29) is 30.4 Å². The van der Waals surface area contributed by atoms with Crippen molar-refractivity contribution in [2.75, 3.05) is 25.4 Å². The van der Waals surface area contributed by atoms with Crippen LogP contribution in [-0.4, -0.2) is 56.2 Å². The van der Waals surface area contributed by atoms with E-state index in [0.29, 0.717) is 18.7 Å². The van der Waals surface area contributed by atoms with Gasteiger partial charge in [-0.15, -0.1) is 0 Å². The second-order valence-electron chi connectivity index (χ2n) is 6.01. The highest BCUT2D eigenvalue weighted by molar-refractivity contribution is 7.89. The molecule has 0 aromatic heterocycles. The zero-order valence-electron chi connectivity index (χ0n) is 13.8. The second-order valence-corrected chi connectivity index (χ2v) is 8.10. The fraction of sp³-hybridized carbons (Fsp3) is 0.562. The Kier molecular flexibility index (Phi) is 5.78. The normalized spacial score (nSPS) is 22.7. The first kappa shape index (κ1) is 17.9. The average Bonchev–Trinajstić information content (AvgIpc) is 2.46. The van der Waals surface area contributed by atoms with E-state index in [1.807, 2.05) is 32.9 Å². The summed E-state index contributed by atoms with van der Waals surface area (Å²) in [6, 6.07) is 7.15. The van der Waals surface area contributed by atoms with Crippen LogP contribution in [-0.2, 0) is 14.8 Å². The fourth-order valence-corrected chi connectivity index (χ4v) is 4.08. The third-order valence-corrected chi connectivity index (χ3v) is 5.54. The smallest absolute Gasteiger partial charge is 0.251 e.